The van der Waals surface area contributed by atoms with Crippen LogP contribution >= 0.6 is 0 Å². The minimum atomic E-state index is -1.10. The van der Waals surface area contributed by atoms with E-state index in [0.717, 1.165) is 6.33 Å². The van der Waals surface area contributed by atoms with Crippen molar-refractivity contribution in [3.63, 3.8) is 0 Å². The molecule has 5 nitrogen and oxygen atoms in total. The lowest BCUT2D eigenvalue weighted by Gasteiger charge is -2.11. The van der Waals surface area contributed by atoms with E-state index in [1.54, 1.807) is 0 Å². The zero-order chi connectivity index (χ0) is 14.0. The summed E-state index contributed by atoms with van der Waals surface area (Å²) in [7, 11) is 1.33. The van der Waals surface area contributed by atoms with E-state index in [-0.39, 0.29) is 17.4 Å². The van der Waals surface area contributed by atoms with Crippen LogP contribution < -0.4 is 15.8 Å². The van der Waals surface area contributed by atoms with Crippen LogP contribution in [-0.2, 0) is 0 Å². The molecule has 0 radical (unpaired) electrons. The minimum absolute atomic E-state index is 0.0203. The summed E-state index contributed by atoms with van der Waals surface area (Å²) < 4.78 is 44.5. The third kappa shape index (κ3) is 2.51. The average Bonchev–Trinajstić information content (AvgIpc) is 2.35. The lowest BCUT2D eigenvalue weighted by atomic mass is 10.2. The SMILES string of the molecule is COc1ncnc(Nc2c(F)cc(F)cc2F)c1N. The maximum Gasteiger partial charge on any atom is 0.242 e. The zero-order valence-corrected chi connectivity index (χ0v) is 9.75. The molecule has 0 atom stereocenters. The van der Waals surface area contributed by atoms with Gasteiger partial charge in [0.05, 0.1) is 7.11 Å². The van der Waals surface area contributed by atoms with Gasteiger partial charge in [-0.05, 0) is 0 Å². The number of benzene rings is 1. The Kier molecular flexibility index (Phi) is 3.41. The second-order valence-corrected chi connectivity index (χ2v) is 3.51. The summed E-state index contributed by atoms with van der Waals surface area (Å²) in [5, 5.41) is 2.34. The highest BCUT2D eigenvalue weighted by molar-refractivity contribution is 5.72. The van der Waals surface area contributed by atoms with Crippen LogP contribution in [0.1, 0.15) is 0 Å². The van der Waals surface area contributed by atoms with E-state index in [0.29, 0.717) is 12.1 Å². The number of halogens is 3. The second-order valence-electron chi connectivity index (χ2n) is 3.51. The molecule has 1 aromatic carbocycles. The molecular weight excluding hydrogens is 261 g/mol. The first-order valence-electron chi connectivity index (χ1n) is 5.09. The molecule has 0 aliphatic rings. The number of hydrogen-bond acceptors (Lipinski definition) is 5. The predicted molar refractivity (Wildman–Crippen MR) is 62.6 cm³/mol. The van der Waals surface area contributed by atoms with Crippen molar-refractivity contribution in [1.29, 1.82) is 0 Å². The second kappa shape index (κ2) is 5.01. The van der Waals surface area contributed by atoms with Gasteiger partial charge < -0.3 is 15.8 Å². The van der Waals surface area contributed by atoms with Crippen LogP contribution in [0.5, 0.6) is 5.88 Å². The van der Waals surface area contributed by atoms with E-state index < -0.39 is 23.1 Å². The van der Waals surface area contributed by atoms with Crippen LogP contribution in [0.2, 0.25) is 0 Å². The number of nitrogens with two attached hydrogens (primary N) is 1. The summed E-state index contributed by atoms with van der Waals surface area (Å²) in [5.74, 6) is -3.21. The molecule has 19 heavy (non-hydrogen) atoms. The molecule has 2 rings (SSSR count). The Morgan fingerprint density at radius 1 is 1.16 bits per heavy atom. The smallest absolute Gasteiger partial charge is 0.242 e. The number of hydrogen-bond donors (Lipinski definition) is 2. The Hall–Kier alpha value is -2.51. The lowest BCUT2D eigenvalue weighted by Crippen LogP contribution is -2.05. The fourth-order valence-electron chi connectivity index (χ4n) is 1.42. The first-order chi connectivity index (χ1) is 9.02. The van der Waals surface area contributed by atoms with Gasteiger partial charge >= 0.3 is 0 Å². The number of nitrogens with zero attached hydrogens (tertiary/aromatic N) is 2. The van der Waals surface area contributed by atoms with Gasteiger partial charge in [-0.15, -0.1) is 0 Å². The summed E-state index contributed by atoms with van der Waals surface area (Å²) in [6, 6.07) is 1.08. The zero-order valence-electron chi connectivity index (χ0n) is 9.75. The highest BCUT2D eigenvalue weighted by Crippen LogP contribution is 2.29. The molecule has 2 aromatic rings. The third-order valence-corrected chi connectivity index (χ3v) is 2.29. The maximum absolute atomic E-state index is 13.5. The number of ether oxygens (including phenoxy) is 1. The third-order valence-electron chi connectivity index (χ3n) is 2.29. The summed E-state index contributed by atoms with van der Waals surface area (Å²) in [6.07, 6.45) is 1.11. The van der Waals surface area contributed by atoms with Gasteiger partial charge in [0.1, 0.15) is 23.5 Å². The van der Waals surface area contributed by atoms with Crippen LogP contribution in [-0.4, -0.2) is 17.1 Å². The predicted octanol–water partition coefficient (Wildman–Crippen LogP) is 2.23. The molecule has 0 amide bonds. The Morgan fingerprint density at radius 2 is 1.79 bits per heavy atom. The molecule has 0 saturated carbocycles. The van der Waals surface area contributed by atoms with Crippen molar-refractivity contribution >= 4 is 17.2 Å². The Balaban J connectivity index is 2.42. The molecule has 0 aliphatic carbocycles. The topological polar surface area (TPSA) is 73.1 Å². The summed E-state index contributed by atoms with van der Waals surface area (Å²) in [6.45, 7) is 0. The van der Waals surface area contributed by atoms with Gasteiger partial charge in [0.15, 0.2) is 17.5 Å². The van der Waals surface area contributed by atoms with E-state index in [4.69, 9.17) is 10.5 Å². The molecule has 100 valence electrons. The molecule has 0 unspecified atom stereocenters. The first-order valence-corrected chi connectivity index (χ1v) is 5.09. The average molecular weight is 270 g/mol. The highest BCUT2D eigenvalue weighted by atomic mass is 19.1. The van der Waals surface area contributed by atoms with Crippen LogP contribution in [0.4, 0.5) is 30.4 Å². The number of methoxy groups -OCH3 is 1. The van der Waals surface area contributed by atoms with Crippen molar-refractivity contribution < 1.29 is 17.9 Å². The molecule has 8 heteroatoms. The molecule has 0 spiro atoms. The minimum Gasteiger partial charge on any atom is -0.479 e. The molecule has 1 aromatic heterocycles. The van der Waals surface area contributed by atoms with Gasteiger partial charge in [-0.25, -0.2) is 18.2 Å². The van der Waals surface area contributed by atoms with Crippen molar-refractivity contribution in [3.05, 3.63) is 35.9 Å². The van der Waals surface area contributed by atoms with Gasteiger partial charge in [-0.1, -0.05) is 0 Å². The van der Waals surface area contributed by atoms with Crippen LogP contribution in [0.25, 0.3) is 0 Å². The number of aromatic nitrogens is 2. The Morgan fingerprint density at radius 3 is 2.37 bits per heavy atom. The molecule has 0 bridgehead atoms. The maximum atomic E-state index is 13.5. The Labute approximate surface area is 106 Å². The largest absolute Gasteiger partial charge is 0.479 e. The molecule has 1 heterocycles. The van der Waals surface area contributed by atoms with Crippen LogP contribution in [0.3, 0.4) is 0 Å². The van der Waals surface area contributed by atoms with Crippen molar-refractivity contribution in [3.8, 4) is 5.88 Å². The summed E-state index contributed by atoms with van der Waals surface area (Å²) in [5.41, 5.74) is 5.06. The fourth-order valence-corrected chi connectivity index (χ4v) is 1.42. The number of rotatable bonds is 3. The molecule has 3 N–H and O–H groups in total. The van der Waals surface area contributed by atoms with Gasteiger partial charge in [0.2, 0.25) is 5.88 Å². The van der Waals surface area contributed by atoms with Crippen molar-refractivity contribution in [1.82, 2.24) is 9.97 Å². The number of nitrogens with one attached hydrogen (secondary N) is 1. The molecular formula is C11H9F3N4O. The molecule has 0 saturated heterocycles. The Bertz CT molecular complexity index is 598. The van der Waals surface area contributed by atoms with Crippen molar-refractivity contribution in [2.45, 2.75) is 0 Å². The summed E-state index contributed by atoms with van der Waals surface area (Å²) in [4.78, 5) is 7.44. The monoisotopic (exact) mass is 270 g/mol. The van der Waals surface area contributed by atoms with Gasteiger partial charge in [0, 0.05) is 12.1 Å². The molecule has 0 aliphatic heterocycles. The van der Waals surface area contributed by atoms with Gasteiger partial charge in [0.25, 0.3) is 0 Å². The highest BCUT2D eigenvalue weighted by Gasteiger charge is 2.15. The van der Waals surface area contributed by atoms with Crippen molar-refractivity contribution in [2.75, 3.05) is 18.2 Å². The summed E-state index contributed by atoms with van der Waals surface area (Å²) >= 11 is 0. The first kappa shape index (κ1) is 12.9. The van der Waals surface area contributed by atoms with E-state index in [2.05, 4.69) is 15.3 Å². The van der Waals surface area contributed by atoms with Gasteiger partial charge in [-0.2, -0.15) is 4.98 Å². The molecule has 0 fully saturated rings. The van der Waals surface area contributed by atoms with Crippen molar-refractivity contribution in [2.24, 2.45) is 0 Å². The normalized spacial score (nSPS) is 10.3. The van der Waals surface area contributed by atoms with Crippen LogP contribution in [0, 0.1) is 17.5 Å². The van der Waals surface area contributed by atoms with E-state index in [9.17, 15) is 13.2 Å². The number of anilines is 3. The van der Waals surface area contributed by atoms with E-state index >= 15 is 0 Å². The van der Waals surface area contributed by atoms with Gasteiger partial charge in [-0.3, -0.25) is 0 Å². The van der Waals surface area contributed by atoms with E-state index in [1.807, 2.05) is 0 Å². The lowest BCUT2D eigenvalue weighted by molar-refractivity contribution is 0.399. The quantitative estimate of drug-likeness (QED) is 0.894. The fraction of sp³-hybridized carbons (Fsp3) is 0.0909. The van der Waals surface area contributed by atoms with Crippen LogP contribution in [0.15, 0.2) is 18.5 Å². The van der Waals surface area contributed by atoms with E-state index in [1.165, 1.54) is 7.11 Å². The number of nitrogen functional groups attached to an aromatic ring is 1. The standard InChI is InChI=1S/C11H9F3N4O/c1-19-11-8(15)10(16-4-17-11)18-9-6(13)2-5(12)3-7(9)14/h2-4H,15H2,1H3,(H,16,17,18).